The van der Waals surface area contributed by atoms with E-state index >= 15 is 0 Å². The van der Waals surface area contributed by atoms with Crippen molar-refractivity contribution in [2.75, 3.05) is 5.32 Å². The van der Waals surface area contributed by atoms with Gasteiger partial charge in [-0.25, -0.2) is 4.79 Å². The zero-order valence-corrected chi connectivity index (χ0v) is 15.1. The first-order chi connectivity index (χ1) is 11.3. The topological polar surface area (TPSA) is 88.8 Å². The predicted molar refractivity (Wildman–Crippen MR) is 92.9 cm³/mol. The molecule has 0 aliphatic heterocycles. The van der Waals surface area contributed by atoms with Crippen molar-refractivity contribution in [3.8, 4) is 5.75 Å². The van der Waals surface area contributed by atoms with Crippen molar-refractivity contribution in [2.45, 2.75) is 33.3 Å². The van der Waals surface area contributed by atoms with E-state index in [-0.39, 0.29) is 23.2 Å². The number of aryl methyl sites for hydroxylation is 1. The van der Waals surface area contributed by atoms with Gasteiger partial charge in [0.2, 0.25) is 0 Å². The molecular formula is C17H18BrNO5. The number of halogens is 1. The summed E-state index contributed by atoms with van der Waals surface area (Å²) in [5.41, 5.74) is 0.463. The van der Waals surface area contributed by atoms with E-state index in [1.807, 2.05) is 13.8 Å². The smallest absolute Gasteiger partial charge is 0.339 e. The van der Waals surface area contributed by atoms with Crippen LogP contribution in [-0.4, -0.2) is 23.1 Å². The van der Waals surface area contributed by atoms with Gasteiger partial charge in [-0.2, -0.15) is 0 Å². The Balaban J connectivity index is 2.30. The molecule has 1 aromatic heterocycles. The first-order valence-electron chi connectivity index (χ1n) is 7.45. The van der Waals surface area contributed by atoms with Crippen LogP contribution in [0.4, 0.5) is 5.69 Å². The molecule has 0 unspecified atom stereocenters. The minimum atomic E-state index is -1.12. The molecule has 6 nitrogen and oxygen atoms in total. The Labute approximate surface area is 147 Å². The van der Waals surface area contributed by atoms with Crippen molar-refractivity contribution < 1.29 is 23.8 Å². The molecule has 0 bridgehead atoms. The molecule has 0 saturated heterocycles. The van der Waals surface area contributed by atoms with Gasteiger partial charge in [-0.05, 0) is 32.0 Å². The molecule has 0 aliphatic rings. The van der Waals surface area contributed by atoms with Crippen molar-refractivity contribution in [3.05, 3.63) is 45.8 Å². The zero-order valence-electron chi connectivity index (χ0n) is 13.6. The maximum atomic E-state index is 12.4. The third-order valence-electron chi connectivity index (χ3n) is 3.14. The molecule has 7 heteroatoms. The van der Waals surface area contributed by atoms with Gasteiger partial charge in [-0.15, -0.1) is 0 Å². The fraction of sp³-hybridized carbons (Fsp3) is 0.294. The van der Waals surface area contributed by atoms with E-state index in [0.717, 1.165) is 4.47 Å². The summed E-state index contributed by atoms with van der Waals surface area (Å²) in [4.78, 5) is 23.6. The zero-order chi connectivity index (χ0) is 17.9. The molecule has 0 radical (unpaired) electrons. The van der Waals surface area contributed by atoms with E-state index in [1.54, 1.807) is 25.1 Å². The summed E-state index contributed by atoms with van der Waals surface area (Å²) in [5.74, 6) is -0.938. The number of hydrogen-bond donors (Lipinski definition) is 2. The number of carboxylic acids is 1. The third-order valence-corrected chi connectivity index (χ3v) is 3.63. The monoisotopic (exact) mass is 395 g/mol. The van der Waals surface area contributed by atoms with Crippen LogP contribution in [0.3, 0.4) is 0 Å². The molecule has 1 aromatic carbocycles. The number of furan rings is 1. The summed E-state index contributed by atoms with van der Waals surface area (Å²) in [5, 5.41) is 11.8. The standard InChI is InChI=1S/C17H18BrNO5/c1-4-13-11(17(21)22)8-15(24-13)16(20)19-12-7-10(18)5-6-14(12)23-9(2)3/h5-9H,4H2,1-3H3,(H,19,20)(H,21,22). The van der Waals surface area contributed by atoms with Crippen molar-refractivity contribution in [1.82, 2.24) is 0 Å². The van der Waals surface area contributed by atoms with Crippen molar-refractivity contribution >= 4 is 33.5 Å². The van der Waals surface area contributed by atoms with E-state index in [9.17, 15) is 9.59 Å². The van der Waals surface area contributed by atoms with Crippen LogP contribution in [0, 0.1) is 0 Å². The Hall–Kier alpha value is -2.28. The average molecular weight is 396 g/mol. The van der Waals surface area contributed by atoms with Crippen LogP contribution in [0.1, 0.15) is 47.4 Å². The van der Waals surface area contributed by atoms with Crippen molar-refractivity contribution in [3.63, 3.8) is 0 Å². The van der Waals surface area contributed by atoms with Gasteiger partial charge in [-0.3, -0.25) is 4.79 Å². The number of ether oxygens (including phenoxy) is 1. The number of benzene rings is 1. The van der Waals surface area contributed by atoms with E-state index < -0.39 is 11.9 Å². The maximum Gasteiger partial charge on any atom is 0.339 e. The molecule has 0 atom stereocenters. The molecule has 1 amide bonds. The van der Waals surface area contributed by atoms with E-state index in [2.05, 4.69) is 21.2 Å². The molecule has 2 rings (SSSR count). The Morgan fingerprint density at radius 2 is 2.04 bits per heavy atom. The van der Waals surface area contributed by atoms with Gasteiger partial charge in [-0.1, -0.05) is 22.9 Å². The summed E-state index contributed by atoms with van der Waals surface area (Å²) < 4.78 is 11.8. The van der Waals surface area contributed by atoms with Crippen LogP contribution in [0.15, 0.2) is 33.2 Å². The molecule has 24 heavy (non-hydrogen) atoms. The predicted octanol–water partition coefficient (Wildman–Crippen LogP) is 4.34. The second kappa shape index (κ2) is 7.53. The second-order valence-corrected chi connectivity index (χ2v) is 6.28. The first-order valence-corrected chi connectivity index (χ1v) is 8.24. The van der Waals surface area contributed by atoms with Crippen LogP contribution in [0.5, 0.6) is 5.75 Å². The van der Waals surface area contributed by atoms with Crippen LogP contribution >= 0.6 is 15.9 Å². The van der Waals surface area contributed by atoms with Crippen LogP contribution < -0.4 is 10.1 Å². The quantitative estimate of drug-likeness (QED) is 0.758. The van der Waals surface area contributed by atoms with Gasteiger partial charge in [0.15, 0.2) is 5.76 Å². The lowest BCUT2D eigenvalue weighted by Crippen LogP contribution is -2.14. The van der Waals surface area contributed by atoms with Crippen molar-refractivity contribution in [2.24, 2.45) is 0 Å². The summed E-state index contributed by atoms with van der Waals surface area (Å²) in [6, 6.07) is 6.48. The lowest BCUT2D eigenvalue weighted by Gasteiger charge is -2.14. The summed E-state index contributed by atoms with van der Waals surface area (Å²) >= 11 is 3.35. The number of amides is 1. The molecule has 1 heterocycles. The fourth-order valence-corrected chi connectivity index (χ4v) is 2.49. The Morgan fingerprint density at radius 1 is 1.33 bits per heavy atom. The second-order valence-electron chi connectivity index (χ2n) is 5.37. The molecule has 128 valence electrons. The average Bonchev–Trinajstić information content (AvgIpc) is 2.94. The Kier molecular flexibility index (Phi) is 5.66. The summed E-state index contributed by atoms with van der Waals surface area (Å²) in [6.07, 6.45) is 0.323. The van der Waals surface area contributed by atoms with Crippen LogP contribution in [-0.2, 0) is 6.42 Å². The third kappa shape index (κ3) is 4.17. The van der Waals surface area contributed by atoms with Crippen molar-refractivity contribution in [1.29, 1.82) is 0 Å². The Bertz CT molecular complexity index is 766. The number of nitrogens with one attached hydrogen (secondary N) is 1. The van der Waals surface area contributed by atoms with Gasteiger partial charge >= 0.3 is 5.97 Å². The fourth-order valence-electron chi connectivity index (χ4n) is 2.12. The largest absolute Gasteiger partial charge is 0.489 e. The highest BCUT2D eigenvalue weighted by Crippen LogP contribution is 2.30. The molecule has 0 aliphatic carbocycles. The number of carbonyl (C=O) groups excluding carboxylic acids is 1. The lowest BCUT2D eigenvalue weighted by molar-refractivity contribution is 0.0694. The SMILES string of the molecule is CCc1oc(C(=O)Nc2cc(Br)ccc2OC(C)C)cc1C(=O)O. The highest BCUT2D eigenvalue weighted by Gasteiger charge is 2.21. The molecular weight excluding hydrogens is 378 g/mol. The van der Waals surface area contributed by atoms with Gasteiger partial charge < -0.3 is 19.6 Å². The normalized spacial score (nSPS) is 10.7. The lowest BCUT2D eigenvalue weighted by atomic mass is 10.2. The van der Waals surface area contributed by atoms with Crippen LogP contribution in [0.2, 0.25) is 0 Å². The molecule has 0 spiro atoms. The van der Waals surface area contributed by atoms with Gasteiger partial charge in [0.05, 0.1) is 11.8 Å². The molecule has 0 saturated carbocycles. The minimum absolute atomic E-state index is 0.00412. The van der Waals surface area contributed by atoms with Gasteiger partial charge in [0, 0.05) is 17.0 Å². The molecule has 0 fully saturated rings. The summed E-state index contributed by atoms with van der Waals surface area (Å²) in [7, 11) is 0. The molecule has 2 aromatic rings. The minimum Gasteiger partial charge on any atom is -0.489 e. The maximum absolute atomic E-state index is 12.4. The van der Waals surface area contributed by atoms with E-state index in [4.69, 9.17) is 14.3 Å². The highest BCUT2D eigenvalue weighted by molar-refractivity contribution is 9.10. The van der Waals surface area contributed by atoms with Gasteiger partial charge in [0.25, 0.3) is 5.91 Å². The number of carboxylic acid groups (broad SMARTS) is 1. The number of aromatic carboxylic acids is 1. The van der Waals surface area contributed by atoms with E-state index in [0.29, 0.717) is 17.9 Å². The first kappa shape index (κ1) is 18.1. The number of carbonyl (C=O) groups is 2. The van der Waals surface area contributed by atoms with E-state index in [1.165, 1.54) is 6.07 Å². The number of hydrogen-bond acceptors (Lipinski definition) is 4. The van der Waals surface area contributed by atoms with Gasteiger partial charge in [0.1, 0.15) is 17.1 Å². The highest BCUT2D eigenvalue weighted by atomic mass is 79.9. The summed E-state index contributed by atoms with van der Waals surface area (Å²) in [6.45, 7) is 5.52. The van der Waals surface area contributed by atoms with Crippen LogP contribution in [0.25, 0.3) is 0 Å². The Morgan fingerprint density at radius 3 is 2.58 bits per heavy atom. The number of rotatable bonds is 6. The molecule has 2 N–H and O–H groups in total. The number of anilines is 1.